The first kappa shape index (κ1) is 16.4. The molecule has 0 amide bonds. The molecule has 2 N–H and O–H groups in total. The number of nitrogens with zero attached hydrogens (tertiary/aromatic N) is 2. The third kappa shape index (κ3) is 3.45. The van der Waals surface area contributed by atoms with Crippen LogP contribution in [-0.4, -0.2) is 9.97 Å². The van der Waals surface area contributed by atoms with Gasteiger partial charge in [-0.1, -0.05) is 56.3 Å². The van der Waals surface area contributed by atoms with Crippen LogP contribution < -0.4 is 5.73 Å². The molecule has 0 radical (unpaired) electrons. The van der Waals surface area contributed by atoms with Crippen molar-refractivity contribution in [2.45, 2.75) is 20.3 Å². The number of aromatic nitrogens is 2. The second-order valence-corrected chi connectivity index (χ2v) is 5.73. The van der Waals surface area contributed by atoms with E-state index in [1.54, 1.807) is 0 Å². The van der Waals surface area contributed by atoms with Crippen molar-refractivity contribution in [2.75, 3.05) is 5.73 Å². The van der Waals surface area contributed by atoms with Gasteiger partial charge in [0.05, 0.1) is 5.69 Å². The van der Waals surface area contributed by atoms with Crippen molar-refractivity contribution in [1.82, 2.24) is 9.97 Å². The van der Waals surface area contributed by atoms with Crippen LogP contribution in [0.2, 0.25) is 0 Å². The Morgan fingerprint density at radius 2 is 1.73 bits per heavy atom. The zero-order valence-electron chi connectivity index (χ0n) is 12.8. The number of halogens is 1. The summed E-state index contributed by atoms with van der Waals surface area (Å²) in [4.78, 5) is 8.77. The number of anilines is 1. The quantitative estimate of drug-likeness (QED) is 0.741. The van der Waals surface area contributed by atoms with Crippen molar-refractivity contribution >= 4 is 33.7 Å². The topological polar surface area (TPSA) is 51.8 Å². The van der Waals surface area contributed by atoms with Crippen LogP contribution in [0.4, 0.5) is 5.95 Å². The minimum atomic E-state index is 0. The van der Waals surface area contributed by atoms with Crippen LogP contribution in [0.25, 0.3) is 22.0 Å². The molecule has 0 saturated carbocycles. The molecule has 0 aliphatic rings. The van der Waals surface area contributed by atoms with E-state index in [1.165, 1.54) is 10.8 Å². The maximum absolute atomic E-state index is 5.89. The smallest absolute Gasteiger partial charge is 0.220 e. The van der Waals surface area contributed by atoms with E-state index in [4.69, 9.17) is 5.73 Å². The molecular formula is C18H20BrN3. The summed E-state index contributed by atoms with van der Waals surface area (Å²) in [5, 5.41) is 2.39. The molecule has 0 spiro atoms. The minimum absolute atomic E-state index is 0. The Morgan fingerprint density at radius 1 is 1.00 bits per heavy atom. The van der Waals surface area contributed by atoms with Crippen molar-refractivity contribution in [3.8, 4) is 11.3 Å². The van der Waals surface area contributed by atoms with Crippen molar-refractivity contribution < 1.29 is 0 Å². The van der Waals surface area contributed by atoms with E-state index < -0.39 is 0 Å². The van der Waals surface area contributed by atoms with E-state index in [1.807, 2.05) is 12.1 Å². The molecular weight excluding hydrogens is 338 g/mol. The number of fused-ring (bicyclic) bond motifs is 1. The summed E-state index contributed by atoms with van der Waals surface area (Å²) < 4.78 is 0. The zero-order chi connectivity index (χ0) is 14.8. The van der Waals surface area contributed by atoms with Gasteiger partial charge in [0.25, 0.3) is 0 Å². The normalized spacial score (nSPS) is 10.7. The second-order valence-electron chi connectivity index (χ2n) is 5.73. The fraction of sp³-hybridized carbons (Fsp3) is 0.222. The highest BCUT2D eigenvalue weighted by Gasteiger charge is 2.09. The van der Waals surface area contributed by atoms with E-state index in [2.05, 4.69) is 60.2 Å². The zero-order valence-corrected chi connectivity index (χ0v) is 14.5. The SMILES string of the molecule is Br.CC(C)Cc1cc(-c2cccc3ccccc23)nc(N)n1. The molecule has 1 heterocycles. The minimum Gasteiger partial charge on any atom is -0.368 e. The van der Waals surface area contributed by atoms with Crippen LogP contribution in [0.1, 0.15) is 19.5 Å². The van der Waals surface area contributed by atoms with Gasteiger partial charge in [0.15, 0.2) is 0 Å². The Kier molecular flexibility index (Phi) is 5.14. The Hall–Kier alpha value is -1.94. The number of hydrogen-bond acceptors (Lipinski definition) is 3. The van der Waals surface area contributed by atoms with Crippen LogP contribution >= 0.6 is 17.0 Å². The standard InChI is InChI=1S/C18H19N3.BrH/c1-12(2)10-14-11-17(21-18(19)20-14)16-9-5-7-13-6-3-4-8-15(13)16;/h3-9,11-12H,10H2,1-2H3,(H2,19,20,21);1H. The average Bonchev–Trinajstić information content (AvgIpc) is 2.45. The van der Waals surface area contributed by atoms with E-state index in [-0.39, 0.29) is 17.0 Å². The lowest BCUT2D eigenvalue weighted by molar-refractivity contribution is 0.635. The molecule has 0 atom stereocenters. The van der Waals surface area contributed by atoms with Crippen LogP contribution in [0.15, 0.2) is 48.5 Å². The fourth-order valence-corrected chi connectivity index (χ4v) is 2.63. The van der Waals surface area contributed by atoms with Gasteiger partial charge in [-0.15, -0.1) is 17.0 Å². The number of hydrogen-bond donors (Lipinski definition) is 1. The van der Waals surface area contributed by atoms with Gasteiger partial charge < -0.3 is 5.73 Å². The summed E-state index contributed by atoms with van der Waals surface area (Å²) in [6.45, 7) is 4.35. The van der Waals surface area contributed by atoms with Gasteiger partial charge in [0, 0.05) is 11.3 Å². The summed E-state index contributed by atoms with van der Waals surface area (Å²) in [6, 6.07) is 16.6. The Labute approximate surface area is 141 Å². The molecule has 3 rings (SSSR count). The molecule has 0 aliphatic carbocycles. The van der Waals surface area contributed by atoms with Gasteiger partial charge in [-0.3, -0.25) is 0 Å². The fourth-order valence-electron chi connectivity index (χ4n) is 2.63. The lowest BCUT2D eigenvalue weighted by Crippen LogP contribution is -2.04. The molecule has 22 heavy (non-hydrogen) atoms. The molecule has 114 valence electrons. The first-order chi connectivity index (χ1) is 10.1. The van der Waals surface area contributed by atoms with E-state index in [9.17, 15) is 0 Å². The van der Waals surface area contributed by atoms with Crippen molar-refractivity contribution in [3.63, 3.8) is 0 Å². The summed E-state index contributed by atoms with van der Waals surface area (Å²) in [7, 11) is 0. The average molecular weight is 358 g/mol. The third-order valence-electron chi connectivity index (χ3n) is 3.48. The van der Waals surface area contributed by atoms with E-state index in [0.29, 0.717) is 11.9 Å². The highest BCUT2D eigenvalue weighted by atomic mass is 79.9. The lowest BCUT2D eigenvalue weighted by atomic mass is 10.0. The molecule has 3 aromatic rings. The molecule has 4 heteroatoms. The van der Waals surface area contributed by atoms with E-state index >= 15 is 0 Å². The van der Waals surface area contributed by atoms with Crippen molar-refractivity contribution in [2.24, 2.45) is 5.92 Å². The monoisotopic (exact) mass is 357 g/mol. The van der Waals surface area contributed by atoms with Crippen LogP contribution in [0, 0.1) is 5.92 Å². The van der Waals surface area contributed by atoms with Gasteiger partial charge in [0.1, 0.15) is 0 Å². The highest BCUT2D eigenvalue weighted by Crippen LogP contribution is 2.28. The van der Waals surface area contributed by atoms with Gasteiger partial charge >= 0.3 is 0 Å². The molecule has 0 unspecified atom stereocenters. The van der Waals surface area contributed by atoms with E-state index in [0.717, 1.165) is 23.4 Å². The second kappa shape index (κ2) is 6.88. The number of rotatable bonds is 3. The lowest BCUT2D eigenvalue weighted by Gasteiger charge is -2.10. The summed E-state index contributed by atoms with van der Waals surface area (Å²) >= 11 is 0. The summed E-state index contributed by atoms with van der Waals surface area (Å²) in [5.74, 6) is 0.885. The first-order valence-electron chi connectivity index (χ1n) is 7.25. The molecule has 1 aromatic heterocycles. The van der Waals surface area contributed by atoms with Gasteiger partial charge in [-0.25, -0.2) is 9.97 Å². The number of nitrogen functional groups attached to an aromatic ring is 1. The summed E-state index contributed by atoms with van der Waals surface area (Å²) in [5.41, 5.74) is 8.90. The molecule has 0 bridgehead atoms. The van der Waals surface area contributed by atoms with Gasteiger partial charge in [-0.05, 0) is 29.2 Å². The molecule has 3 nitrogen and oxygen atoms in total. The van der Waals surface area contributed by atoms with Crippen LogP contribution in [0.3, 0.4) is 0 Å². The van der Waals surface area contributed by atoms with Crippen LogP contribution in [-0.2, 0) is 6.42 Å². The van der Waals surface area contributed by atoms with Gasteiger partial charge in [-0.2, -0.15) is 0 Å². The molecule has 0 fully saturated rings. The molecule has 0 saturated heterocycles. The largest absolute Gasteiger partial charge is 0.368 e. The Morgan fingerprint density at radius 3 is 2.50 bits per heavy atom. The number of benzene rings is 2. The van der Waals surface area contributed by atoms with Crippen molar-refractivity contribution in [1.29, 1.82) is 0 Å². The third-order valence-corrected chi connectivity index (χ3v) is 3.48. The summed E-state index contributed by atoms with van der Waals surface area (Å²) in [6.07, 6.45) is 0.907. The molecule has 2 aromatic carbocycles. The van der Waals surface area contributed by atoms with Gasteiger partial charge in [0.2, 0.25) is 5.95 Å². The highest BCUT2D eigenvalue weighted by molar-refractivity contribution is 8.93. The first-order valence-corrected chi connectivity index (χ1v) is 7.25. The Bertz CT molecular complexity index is 779. The van der Waals surface area contributed by atoms with Crippen molar-refractivity contribution in [3.05, 3.63) is 54.2 Å². The number of nitrogens with two attached hydrogens (primary N) is 1. The predicted molar refractivity (Wildman–Crippen MR) is 98.3 cm³/mol. The van der Waals surface area contributed by atoms with Crippen LogP contribution in [0.5, 0.6) is 0 Å². The maximum atomic E-state index is 5.89. The Balaban J connectivity index is 0.00000176. The predicted octanol–water partition coefficient (Wildman–Crippen LogP) is 4.66. The maximum Gasteiger partial charge on any atom is 0.220 e. The molecule has 0 aliphatic heterocycles.